The number of aryl methyl sites for hydroxylation is 1. The summed E-state index contributed by atoms with van der Waals surface area (Å²) in [5, 5.41) is 10.1. The molecule has 0 bridgehead atoms. The number of likely N-dealkylation sites (tertiary alicyclic amines) is 1. The van der Waals surface area contributed by atoms with Crippen LogP contribution in [0.25, 0.3) is 10.9 Å². The number of hydrogen-bond donors (Lipinski definition) is 1. The highest BCUT2D eigenvalue weighted by Gasteiger charge is 2.40. The fourth-order valence-corrected chi connectivity index (χ4v) is 6.02. The second-order valence-electron chi connectivity index (χ2n) is 9.18. The number of benzene rings is 2. The van der Waals surface area contributed by atoms with Crippen molar-refractivity contribution in [3.63, 3.8) is 0 Å². The van der Waals surface area contributed by atoms with E-state index in [2.05, 4.69) is 0 Å². The summed E-state index contributed by atoms with van der Waals surface area (Å²) in [5.74, 6) is -1.47. The number of hydrogen-bond acceptors (Lipinski definition) is 4. The highest BCUT2D eigenvalue weighted by molar-refractivity contribution is 7.90. The largest absolute Gasteiger partial charge is 0.414 e. The van der Waals surface area contributed by atoms with Gasteiger partial charge in [0.05, 0.1) is 17.1 Å². The SMILES string of the molecule is Cn1cc(C2CCN(C(=O)C[C@@H](O)C(F)(F)F)CC2)c2cc(CS(=O)(=O)c3ccc(F)cc3)ccc21. The van der Waals surface area contributed by atoms with E-state index in [1.54, 1.807) is 6.07 Å². The summed E-state index contributed by atoms with van der Waals surface area (Å²) in [7, 11) is -1.81. The van der Waals surface area contributed by atoms with E-state index in [1.807, 2.05) is 29.9 Å². The zero-order valence-electron chi connectivity index (χ0n) is 19.5. The van der Waals surface area contributed by atoms with Crippen LogP contribution in [0.1, 0.15) is 36.3 Å². The monoisotopic (exact) mass is 526 g/mol. The molecule has 1 aromatic heterocycles. The molecule has 194 valence electrons. The van der Waals surface area contributed by atoms with Gasteiger partial charge in [-0.2, -0.15) is 13.2 Å². The zero-order valence-corrected chi connectivity index (χ0v) is 20.3. The van der Waals surface area contributed by atoms with Crippen molar-refractivity contribution in [3.8, 4) is 0 Å². The third-order valence-electron chi connectivity index (χ3n) is 6.65. The van der Waals surface area contributed by atoms with Gasteiger partial charge in [0.25, 0.3) is 0 Å². The Morgan fingerprint density at radius 3 is 2.36 bits per heavy atom. The van der Waals surface area contributed by atoms with Gasteiger partial charge < -0.3 is 14.6 Å². The minimum atomic E-state index is -4.83. The molecule has 0 spiro atoms. The molecule has 2 aromatic carbocycles. The molecule has 1 aliphatic rings. The number of nitrogens with zero attached hydrogens (tertiary/aromatic N) is 2. The Bertz CT molecular complexity index is 1360. The molecule has 11 heteroatoms. The average Bonchev–Trinajstić information content (AvgIpc) is 3.14. The van der Waals surface area contributed by atoms with Gasteiger partial charge >= 0.3 is 6.18 Å². The maximum atomic E-state index is 13.2. The summed E-state index contributed by atoms with van der Waals surface area (Å²) in [6.07, 6.45) is -5.48. The molecule has 1 amide bonds. The Hall–Kier alpha value is -2.92. The lowest BCUT2D eigenvalue weighted by Gasteiger charge is -2.32. The second kappa shape index (κ2) is 9.85. The summed E-state index contributed by atoms with van der Waals surface area (Å²) in [5.41, 5.74) is 2.46. The Labute approximate surface area is 206 Å². The van der Waals surface area contributed by atoms with Gasteiger partial charge in [0.15, 0.2) is 15.9 Å². The number of rotatable bonds is 6. The van der Waals surface area contributed by atoms with Crippen LogP contribution in [-0.4, -0.2) is 54.3 Å². The standard InChI is InChI=1S/C25H26F4N2O4S/c1-30-14-21(17-8-10-31(11-9-17)24(33)13-23(32)25(27,28)29)20-12-16(2-7-22(20)30)15-36(34,35)19-5-3-18(26)4-6-19/h2-7,12,14,17,23,32H,8-11,13,15H2,1H3/t23-/m1/s1. The van der Waals surface area contributed by atoms with E-state index in [-0.39, 0.29) is 29.7 Å². The molecule has 1 saturated heterocycles. The van der Waals surface area contributed by atoms with E-state index in [9.17, 15) is 35.9 Å². The van der Waals surface area contributed by atoms with E-state index >= 15 is 0 Å². The number of aliphatic hydroxyl groups excluding tert-OH is 1. The van der Waals surface area contributed by atoms with Crippen LogP contribution in [0.2, 0.25) is 0 Å². The Balaban J connectivity index is 1.50. The quantitative estimate of drug-likeness (QED) is 0.384. The van der Waals surface area contributed by atoms with E-state index in [1.165, 1.54) is 17.0 Å². The number of aliphatic hydroxyl groups is 1. The molecule has 3 aromatic rings. The molecule has 0 unspecified atom stereocenters. The first-order chi connectivity index (χ1) is 16.8. The van der Waals surface area contributed by atoms with Crippen LogP contribution in [0.4, 0.5) is 17.6 Å². The molecule has 1 aliphatic heterocycles. The summed E-state index contributed by atoms with van der Waals surface area (Å²) in [4.78, 5) is 13.6. The third kappa shape index (κ3) is 5.57. The van der Waals surface area contributed by atoms with Crippen LogP contribution in [0.15, 0.2) is 53.6 Å². The number of fused-ring (bicyclic) bond motifs is 1. The number of aromatic nitrogens is 1. The van der Waals surface area contributed by atoms with Crippen LogP contribution < -0.4 is 0 Å². The molecule has 2 heterocycles. The van der Waals surface area contributed by atoms with E-state index in [0.717, 1.165) is 28.6 Å². The molecule has 1 atom stereocenters. The second-order valence-corrected chi connectivity index (χ2v) is 11.2. The number of carbonyl (C=O) groups is 1. The van der Waals surface area contributed by atoms with Gasteiger partial charge in [-0.15, -0.1) is 0 Å². The van der Waals surface area contributed by atoms with E-state index < -0.39 is 40.3 Å². The van der Waals surface area contributed by atoms with Crippen molar-refractivity contribution in [2.24, 2.45) is 7.05 Å². The number of amides is 1. The fraction of sp³-hybridized carbons (Fsp3) is 0.400. The molecule has 6 nitrogen and oxygen atoms in total. The Morgan fingerprint density at radius 2 is 1.75 bits per heavy atom. The minimum absolute atomic E-state index is 0.0324. The normalized spacial score (nSPS) is 16.4. The lowest BCUT2D eigenvalue weighted by molar-refractivity contribution is -0.207. The van der Waals surface area contributed by atoms with Crippen LogP contribution in [0.5, 0.6) is 0 Å². The van der Waals surface area contributed by atoms with E-state index in [4.69, 9.17) is 0 Å². The maximum Gasteiger partial charge on any atom is 0.414 e. The van der Waals surface area contributed by atoms with Crippen LogP contribution >= 0.6 is 0 Å². The van der Waals surface area contributed by atoms with Crippen LogP contribution in [-0.2, 0) is 27.4 Å². The van der Waals surface area contributed by atoms with Gasteiger partial charge in [-0.05, 0) is 66.3 Å². The summed E-state index contributed by atoms with van der Waals surface area (Å²) in [6, 6.07) is 10.1. The fourth-order valence-electron chi connectivity index (χ4n) is 4.68. The molecule has 36 heavy (non-hydrogen) atoms. The minimum Gasteiger partial charge on any atom is -0.383 e. The molecule has 0 saturated carbocycles. The van der Waals surface area contributed by atoms with Crippen molar-refractivity contribution in [3.05, 3.63) is 65.6 Å². The summed E-state index contributed by atoms with van der Waals surface area (Å²) >= 11 is 0. The van der Waals surface area contributed by atoms with Gasteiger partial charge in [-0.3, -0.25) is 4.79 Å². The number of carbonyl (C=O) groups excluding carboxylic acids is 1. The van der Waals surface area contributed by atoms with Gasteiger partial charge in [-0.1, -0.05) is 6.07 Å². The first kappa shape index (κ1) is 26.2. The molecule has 1 fully saturated rings. The number of halogens is 4. The van der Waals surface area contributed by atoms with Crippen molar-refractivity contribution < 1.29 is 35.9 Å². The molecular formula is C25H26F4N2O4S. The predicted octanol–water partition coefficient (Wildman–Crippen LogP) is 4.31. The first-order valence-corrected chi connectivity index (χ1v) is 13.1. The van der Waals surface area contributed by atoms with Crippen LogP contribution in [0.3, 0.4) is 0 Å². The van der Waals surface area contributed by atoms with Crippen molar-refractivity contribution in [2.45, 2.75) is 48.1 Å². The van der Waals surface area contributed by atoms with Crippen molar-refractivity contribution in [1.29, 1.82) is 0 Å². The topological polar surface area (TPSA) is 79.6 Å². The Morgan fingerprint density at radius 1 is 1.11 bits per heavy atom. The lowest BCUT2D eigenvalue weighted by Crippen LogP contribution is -2.41. The number of alkyl halides is 3. The first-order valence-electron chi connectivity index (χ1n) is 11.4. The van der Waals surface area contributed by atoms with Crippen molar-refractivity contribution in [1.82, 2.24) is 9.47 Å². The molecular weight excluding hydrogens is 500 g/mol. The van der Waals surface area contributed by atoms with Crippen molar-refractivity contribution >= 4 is 26.6 Å². The Kier molecular flexibility index (Phi) is 7.16. The molecule has 0 radical (unpaired) electrons. The van der Waals surface area contributed by atoms with Gasteiger partial charge in [0, 0.05) is 37.2 Å². The van der Waals surface area contributed by atoms with Gasteiger partial charge in [0.1, 0.15) is 5.82 Å². The van der Waals surface area contributed by atoms with Gasteiger partial charge in [-0.25, -0.2) is 12.8 Å². The third-order valence-corrected chi connectivity index (χ3v) is 8.35. The highest BCUT2D eigenvalue weighted by Crippen LogP contribution is 2.35. The number of sulfone groups is 1. The van der Waals surface area contributed by atoms with E-state index in [0.29, 0.717) is 18.4 Å². The average molecular weight is 527 g/mol. The molecule has 1 N–H and O–H groups in total. The van der Waals surface area contributed by atoms with Gasteiger partial charge in [0.2, 0.25) is 5.91 Å². The molecule has 4 rings (SSSR count). The summed E-state index contributed by atoms with van der Waals surface area (Å²) < 4.78 is 78.5. The smallest absolute Gasteiger partial charge is 0.383 e. The number of piperidine rings is 1. The molecule has 0 aliphatic carbocycles. The predicted molar refractivity (Wildman–Crippen MR) is 125 cm³/mol. The van der Waals surface area contributed by atoms with Crippen LogP contribution in [0, 0.1) is 5.82 Å². The highest BCUT2D eigenvalue weighted by atomic mass is 32.2. The summed E-state index contributed by atoms with van der Waals surface area (Å²) in [6.45, 7) is 0.534. The lowest BCUT2D eigenvalue weighted by atomic mass is 9.88. The zero-order chi connectivity index (χ0) is 26.3. The van der Waals surface area contributed by atoms with Crippen molar-refractivity contribution in [2.75, 3.05) is 13.1 Å². The maximum absolute atomic E-state index is 13.2.